The van der Waals surface area contributed by atoms with Crippen LogP contribution in [-0.2, 0) is 19.1 Å². The van der Waals surface area contributed by atoms with Crippen LogP contribution in [0.3, 0.4) is 0 Å². The number of Topliss-reactive ketones (excluding diaryl/α,β-unsaturated/α-hetero) is 1. The Balaban J connectivity index is 2.33. The molecule has 22 heavy (non-hydrogen) atoms. The lowest BCUT2D eigenvalue weighted by Crippen LogP contribution is -2.46. The molecule has 2 atom stereocenters. The van der Waals surface area contributed by atoms with Crippen LogP contribution in [0.15, 0.2) is 23.8 Å². The van der Waals surface area contributed by atoms with E-state index in [1.807, 2.05) is 0 Å². The van der Waals surface area contributed by atoms with Gasteiger partial charge in [0.05, 0.1) is 0 Å². The molecule has 2 rings (SSSR count). The van der Waals surface area contributed by atoms with Gasteiger partial charge in [-0.15, -0.1) is 0 Å². The summed E-state index contributed by atoms with van der Waals surface area (Å²) < 4.78 is 5.01. The number of carbonyl (C=O) groups excluding carboxylic acids is 3. The molecule has 0 saturated carbocycles. The SMILES string of the molecule is C=CCOC(=O)C1=C2CCN(C(C)=O)C[C@@H]2[C@@H](CO)CC1=O. The van der Waals surface area contributed by atoms with E-state index in [4.69, 9.17) is 4.74 Å². The third-order valence-corrected chi connectivity index (χ3v) is 4.35. The Kier molecular flexibility index (Phi) is 5.13. The molecule has 1 saturated heterocycles. The largest absolute Gasteiger partial charge is 0.458 e. The van der Waals surface area contributed by atoms with Crippen molar-refractivity contribution in [3.8, 4) is 0 Å². The molecule has 1 fully saturated rings. The zero-order chi connectivity index (χ0) is 16.3. The highest BCUT2D eigenvalue weighted by Crippen LogP contribution is 2.38. The van der Waals surface area contributed by atoms with Gasteiger partial charge in [-0.2, -0.15) is 0 Å². The van der Waals surface area contributed by atoms with Gasteiger partial charge in [0.15, 0.2) is 5.78 Å². The van der Waals surface area contributed by atoms with Crippen molar-refractivity contribution in [3.63, 3.8) is 0 Å². The Morgan fingerprint density at radius 1 is 1.50 bits per heavy atom. The Morgan fingerprint density at radius 3 is 2.82 bits per heavy atom. The van der Waals surface area contributed by atoms with Crippen LogP contribution >= 0.6 is 0 Å². The fourth-order valence-corrected chi connectivity index (χ4v) is 3.21. The third-order valence-electron chi connectivity index (χ3n) is 4.35. The number of aliphatic hydroxyl groups is 1. The topological polar surface area (TPSA) is 83.9 Å². The lowest BCUT2D eigenvalue weighted by Gasteiger charge is -2.41. The number of carbonyl (C=O) groups is 3. The quantitative estimate of drug-likeness (QED) is 0.463. The fourth-order valence-electron chi connectivity index (χ4n) is 3.21. The normalized spacial score (nSPS) is 24.8. The number of rotatable bonds is 4. The van der Waals surface area contributed by atoms with Crippen molar-refractivity contribution in [1.82, 2.24) is 4.90 Å². The highest BCUT2D eigenvalue weighted by Gasteiger charge is 2.42. The highest BCUT2D eigenvalue weighted by molar-refractivity contribution is 6.18. The Hall–Kier alpha value is -1.95. The van der Waals surface area contributed by atoms with Crippen LogP contribution < -0.4 is 0 Å². The van der Waals surface area contributed by atoms with Crippen molar-refractivity contribution in [2.75, 3.05) is 26.3 Å². The van der Waals surface area contributed by atoms with E-state index >= 15 is 0 Å². The van der Waals surface area contributed by atoms with Gasteiger partial charge in [-0.1, -0.05) is 12.7 Å². The molecule has 1 aliphatic heterocycles. The zero-order valence-corrected chi connectivity index (χ0v) is 12.7. The minimum absolute atomic E-state index is 0.0385. The molecule has 0 aromatic heterocycles. The van der Waals surface area contributed by atoms with Crippen LogP contribution in [-0.4, -0.2) is 54.0 Å². The van der Waals surface area contributed by atoms with Crippen molar-refractivity contribution in [2.24, 2.45) is 11.8 Å². The van der Waals surface area contributed by atoms with E-state index in [-0.39, 0.29) is 48.7 Å². The van der Waals surface area contributed by atoms with Crippen LogP contribution in [0.1, 0.15) is 19.8 Å². The molecule has 6 heteroatoms. The summed E-state index contributed by atoms with van der Waals surface area (Å²) in [6.45, 7) is 5.80. The average molecular weight is 307 g/mol. The number of hydrogen-bond donors (Lipinski definition) is 1. The molecule has 1 N–H and O–H groups in total. The van der Waals surface area contributed by atoms with E-state index < -0.39 is 5.97 Å². The van der Waals surface area contributed by atoms with E-state index in [2.05, 4.69) is 6.58 Å². The molecular weight excluding hydrogens is 286 g/mol. The number of aliphatic hydroxyl groups excluding tert-OH is 1. The van der Waals surface area contributed by atoms with Gasteiger partial charge in [0.1, 0.15) is 12.2 Å². The zero-order valence-electron chi connectivity index (χ0n) is 12.7. The maximum Gasteiger partial charge on any atom is 0.342 e. The van der Waals surface area contributed by atoms with E-state index in [0.29, 0.717) is 19.5 Å². The Bertz CT molecular complexity index is 537. The summed E-state index contributed by atoms with van der Waals surface area (Å²) in [6.07, 6.45) is 2.02. The van der Waals surface area contributed by atoms with E-state index in [1.54, 1.807) is 4.90 Å². The summed E-state index contributed by atoms with van der Waals surface area (Å²) in [6, 6.07) is 0. The molecule has 1 aliphatic carbocycles. The summed E-state index contributed by atoms with van der Waals surface area (Å²) in [5.41, 5.74) is 0.835. The fraction of sp³-hybridized carbons (Fsp3) is 0.562. The molecular formula is C16H21NO5. The Labute approximate surface area is 129 Å². The summed E-state index contributed by atoms with van der Waals surface area (Å²) in [5, 5.41) is 9.53. The third kappa shape index (κ3) is 3.11. The molecule has 0 bridgehead atoms. The van der Waals surface area contributed by atoms with Crippen molar-refractivity contribution in [3.05, 3.63) is 23.8 Å². The van der Waals surface area contributed by atoms with Crippen LogP contribution in [0, 0.1) is 11.8 Å². The van der Waals surface area contributed by atoms with Gasteiger partial charge in [-0.25, -0.2) is 4.79 Å². The van der Waals surface area contributed by atoms with Crippen molar-refractivity contribution in [2.45, 2.75) is 19.8 Å². The number of nitrogens with zero attached hydrogens (tertiary/aromatic N) is 1. The number of hydrogen-bond acceptors (Lipinski definition) is 5. The van der Waals surface area contributed by atoms with Gasteiger partial charge < -0.3 is 14.7 Å². The molecule has 6 nitrogen and oxygen atoms in total. The predicted octanol–water partition coefficient (Wildman–Crippen LogP) is 0.462. The van der Waals surface area contributed by atoms with Crippen molar-refractivity contribution < 1.29 is 24.2 Å². The first-order valence-electron chi connectivity index (χ1n) is 7.40. The highest BCUT2D eigenvalue weighted by atomic mass is 16.5. The minimum Gasteiger partial charge on any atom is -0.458 e. The number of ether oxygens (including phenoxy) is 1. The van der Waals surface area contributed by atoms with Gasteiger partial charge in [0.2, 0.25) is 5.91 Å². The molecule has 0 spiro atoms. The van der Waals surface area contributed by atoms with Crippen LogP contribution in [0.4, 0.5) is 0 Å². The average Bonchev–Trinajstić information content (AvgIpc) is 2.51. The Morgan fingerprint density at radius 2 is 2.23 bits per heavy atom. The summed E-state index contributed by atoms with van der Waals surface area (Å²) in [5.74, 6) is -1.36. The standard InChI is InChI=1S/C16H21NO5/c1-3-6-22-16(21)15-12-4-5-17(10(2)19)8-13(12)11(9-18)7-14(15)20/h3,11,13,18H,1,4-9H2,2H3/t11-,13-/m1/s1. The van der Waals surface area contributed by atoms with E-state index in [9.17, 15) is 19.5 Å². The summed E-state index contributed by atoms with van der Waals surface area (Å²) >= 11 is 0. The van der Waals surface area contributed by atoms with Gasteiger partial charge in [0.25, 0.3) is 0 Å². The van der Waals surface area contributed by atoms with Crippen LogP contribution in [0.5, 0.6) is 0 Å². The molecule has 0 radical (unpaired) electrons. The first-order valence-corrected chi connectivity index (χ1v) is 7.40. The summed E-state index contributed by atoms with van der Waals surface area (Å²) in [4.78, 5) is 37.7. The van der Waals surface area contributed by atoms with Crippen LogP contribution in [0.25, 0.3) is 0 Å². The molecule has 0 unspecified atom stereocenters. The number of ketones is 1. The van der Waals surface area contributed by atoms with Gasteiger partial charge >= 0.3 is 5.97 Å². The maximum atomic E-state index is 12.3. The molecule has 0 aromatic rings. The predicted molar refractivity (Wildman–Crippen MR) is 78.7 cm³/mol. The first kappa shape index (κ1) is 16.4. The number of piperidine rings is 1. The number of fused-ring (bicyclic) bond motifs is 1. The van der Waals surface area contributed by atoms with E-state index in [1.165, 1.54) is 13.0 Å². The van der Waals surface area contributed by atoms with Gasteiger partial charge in [-0.05, 0) is 17.9 Å². The number of likely N-dealkylation sites (tertiary alicyclic amines) is 1. The second-order valence-corrected chi connectivity index (χ2v) is 5.68. The molecule has 1 amide bonds. The van der Waals surface area contributed by atoms with Crippen molar-refractivity contribution >= 4 is 17.7 Å². The number of amides is 1. The summed E-state index contributed by atoms with van der Waals surface area (Å²) in [7, 11) is 0. The van der Waals surface area contributed by atoms with Gasteiger partial charge in [-0.3, -0.25) is 9.59 Å². The monoisotopic (exact) mass is 307 g/mol. The minimum atomic E-state index is -0.627. The smallest absolute Gasteiger partial charge is 0.342 e. The molecule has 2 aliphatic rings. The number of esters is 1. The van der Waals surface area contributed by atoms with Gasteiger partial charge in [0, 0.05) is 39.0 Å². The van der Waals surface area contributed by atoms with Crippen molar-refractivity contribution in [1.29, 1.82) is 0 Å². The molecule has 120 valence electrons. The van der Waals surface area contributed by atoms with Crippen LogP contribution in [0.2, 0.25) is 0 Å². The first-order chi connectivity index (χ1) is 10.5. The second kappa shape index (κ2) is 6.87. The van der Waals surface area contributed by atoms with E-state index in [0.717, 1.165) is 5.57 Å². The maximum absolute atomic E-state index is 12.3. The lowest BCUT2D eigenvalue weighted by molar-refractivity contribution is -0.140. The lowest BCUT2D eigenvalue weighted by atomic mass is 9.71. The molecule has 1 heterocycles. The second-order valence-electron chi connectivity index (χ2n) is 5.68. The molecule has 0 aromatic carbocycles.